The van der Waals surface area contributed by atoms with E-state index in [0.29, 0.717) is 11.7 Å². The number of hydrogen-bond donors (Lipinski definition) is 1. The quantitative estimate of drug-likeness (QED) is 0.715. The molecule has 1 saturated heterocycles. The Hall–Kier alpha value is -0.480. The van der Waals surface area contributed by atoms with Gasteiger partial charge in [-0.3, -0.25) is 0 Å². The molecular formula is C8H13N3S. The number of piperidine rings is 1. The predicted molar refractivity (Wildman–Crippen MR) is 49.5 cm³/mol. The summed E-state index contributed by atoms with van der Waals surface area (Å²) in [5.74, 6) is 1.21. The molecule has 1 aliphatic heterocycles. The maximum absolute atomic E-state index is 7.14. The van der Waals surface area contributed by atoms with Gasteiger partial charge in [-0.05, 0) is 37.8 Å². The largest absolute Gasteiger partial charge is 0.316 e. The lowest BCUT2D eigenvalue weighted by Crippen LogP contribution is -2.28. The lowest BCUT2D eigenvalue weighted by Gasteiger charge is -2.19. The minimum atomic E-state index is 0.205. The van der Waals surface area contributed by atoms with Gasteiger partial charge in [0.25, 0.3) is 0 Å². The van der Waals surface area contributed by atoms with Crippen molar-refractivity contribution < 1.29 is 1.37 Å². The average Bonchev–Trinajstić information content (AvgIpc) is 2.67. The molecule has 0 unspecified atom stereocenters. The lowest BCUT2D eigenvalue weighted by atomic mass is 10.0. The van der Waals surface area contributed by atoms with Crippen molar-refractivity contribution in [2.45, 2.75) is 25.7 Å². The van der Waals surface area contributed by atoms with Crippen LogP contribution in [-0.2, 0) is 0 Å². The van der Waals surface area contributed by atoms with Crippen LogP contribution in [0.2, 0.25) is 0 Å². The first-order valence-corrected chi connectivity index (χ1v) is 5.00. The van der Waals surface area contributed by atoms with Crippen molar-refractivity contribution >= 4 is 11.5 Å². The molecule has 2 rings (SSSR count). The first-order valence-electron chi connectivity index (χ1n) is 4.93. The number of hydrogen-bond acceptors (Lipinski definition) is 4. The Morgan fingerprint density at radius 2 is 2.75 bits per heavy atom. The zero-order valence-electron chi connectivity index (χ0n) is 7.92. The Morgan fingerprint density at radius 1 is 1.75 bits per heavy atom. The van der Waals surface area contributed by atoms with Crippen molar-refractivity contribution in [1.29, 1.82) is 0 Å². The van der Waals surface area contributed by atoms with Crippen molar-refractivity contribution in [2.24, 2.45) is 0 Å². The van der Waals surface area contributed by atoms with Crippen LogP contribution < -0.4 is 5.32 Å². The van der Waals surface area contributed by atoms with Gasteiger partial charge < -0.3 is 5.32 Å². The molecule has 12 heavy (non-hydrogen) atoms. The van der Waals surface area contributed by atoms with Crippen LogP contribution >= 0.6 is 11.5 Å². The van der Waals surface area contributed by atoms with Crippen molar-refractivity contribution in [3.63, 3.8) is 0 Å². The summed E-state index contributed by atoms with van der Waals surface area (Å²) in [5.41, 5.74) is 0. The van der Waals surface area contributed by atoms with Gasteiger partial charge in [-0.1, -0.05) is 0 Å². The second-order valence-corrected chi connectivity index (χ2v) is 3.88. The standard InChI is InChI=1S/C8H13N3S/c1-6-10-8(12-11-6)7-3-2-4-9-5-7/h7,9H,2-5H2,1H3/t7-/m0/s1/i1D. The Bertz CT molecular complexity index is 270. The molecule has 66 valence electrons. The Kier molecular flexibility index (Phi) is 2.03. The molecule has 1 N–H and O–H groups in total. The summed E-state index contributed by atoms with van der Waals surface area (Å²) in [6.07, 6.45) is 2.43. The first kappa shape index (κ1) is 6.97. The molecule has 0 radical (unpaired) electrons. The van der Waals surface area contributed by atoms with Crippen LogP contribution in [-0.4, -0.2) is 22.4 Å². The molecule has 0 bridgehead atoms. The highest BCUT2D eigenvalue weighted by atomic mass is 32.1. The summed E-state index contributed by atoms with van der Waals surface area (Å²) in [4.78, 5) is 4.33. The van der Waals surface area contributed by atoms with E-state index in [2.05, 4.69) is 14.7 Å². The molecule has 1 fully saturated rings. The zero-order chi connectivity index (χ0) is 9.10. The van der Waals surface area contributed by atoms with E-state index in [1.807, 2.05) is 0 Å². The molecule has 0 saturated carbocycles. The molecule has 0 amide bonds. The van der Waals surface area contributed by atoms with E-state index in [1.54, 1.807) is 0 Å². The van der Waals surface area contributed by atoms with E-state index in [0.717, 1.165) is 18.1 Å². The molecule has 2 heterocycles. The van der Waals surface area contributed by atoms with Gasteiger partial charge in [0.1, 0.15) is 10.8 Å². The summed E-state index contributed by atoms with van der Waals surface area (Å²) in [6.45, 7) is 2.35. The monoisotopic (exact) mass is 184 g/mol. The molecule has 3 nitrogen and oxygen atoms in total. The first-order chi connectivity index (χ1) is 6.40. The molecule has 0 aromatic carbocycles. The van der Waals surface area contributed by atoms with E-state index in [9.17, 15) is 0 Å². The van der Waals surface area contributed by atoms with Crippen LogP contribution in [0, 0.1) is 6.90 Å². The highest BCUT2D eigenvalue weighted by Gasteiger charge is 2.18. The second-order valence-electron chi connectivity index (χ2n) is 3.09. The van der Waals surface area contributed by atoms with E-state index in [-0.39, 0.29) is 6.90 Å². The molecular weight excluding hydrogens is 170 g/mol. The number of aromatic nitrogens is 2. The number of nitrogens with zero attached hydrogens (tertiary/aromatic N) is 2. The van der Waals surface area contributed by atoms with E-state index < -0.39 is 0 Å². The Labute approximate surface area is 77.8 Å². The van der Waals surface area contributed by atoms with Gasteiger partial charge in [0.2, 0.25) is 0 Å². The Morgan fingerprint density at radius 3 is 3.42 bits per heavy atom. The van der Waals surface area contributed by atoms with E-state index in [4.69, 9.17) is 1.37 Å². The fourth-order valence-electron chi connectivity index (χ4n) is 1.50. The molecule has 1 aliphatic rings. The van der Waals surface area contributed by atoms with E-state index >= 15 is 0 Å². The second kappa shape index (κ2) is 3.49. The third kappa shape index (κ3) is 1.64. The van der Waals surface area contributed by atoms with E-state index in [1.165, 1.54) is 24.4 Å². The highest BCUT2D eigenvalue weighted by Crippen LogP contribution is 2.23. The van der Waals surface area contributed by atoms with Crippen molar-refractivity contribution in [2.75, 3.05) is 13.1 Å². The minimum Gasteiger partial charge on any atom is -0.316 e. The van der Waals surface area contributed by atoms with Gasteiger partial charge in [-0.25, -0.2) is 4.98 Å². The van der Waals surface area contributed by atoms with Crippen LogP contribution in [0.25, 0.3) is 0 Å². The van der Waals surface area contributed by atoms with Gasteiger partial charge in [-0.15, -0.1) is 0 Å². The maximum Gasteiger partial charge on any atom is 0.139 e. The van der Waals surface area contributed by atoms with Gasteiger partial charge in [-0.2, -0.15) is 4.37 Å². The molecule has 1 aromatic heterocycles. The minimum absolute atomic E-state index is 0.205. The smallest absolute Gasteiger partial charge is 0.139 e. The predicted octanol–water partition coefficient (Wildman–Crippen LogP) is 1.31. The topological polar surface area (TPSA) is 37.8 Å². The highest BCUT2D eigenvalue weighted by molar-refractivity contribution is 7.05. The number of aryl methyl sites for hydroxylation is 1. The summed E-state index contributed by atoms with van der Waals surface area (Å²) in [5, 5.41) is 4.46. The van der Waals surface area contributed by atoms with Crippen LogP contribution in [0.1, 0.15) is 31.0 Å². The summed E-state index contributed by atoms with van der Waals surface area (Å²) in [6, 6.07) is 0. The molecule has 0 spiro atoms. The van der Waals surface area contributed by atoms with Crippen molar-refractivity contribution in [3.8, 4) is 0 Å². The summed E-state index contributed by atoms with van der Waals surface area (Å²) >= 11 is 1.46. The van der Waals surface area contributed by atoms with Crippen LogP contribution in [0.4, 0.5) is 0 Å². The molecule has 0 aliphatic carbocycles. The third-order valence-electron chi connectivity index (χ3n) is 2.13. The van der Waals surface area contributed by atoms with Crippen LogP contribution in [0.5, 0.6) is 0 Å². The van der Waals surface area contributed by atoms with Gasteiger partial charge >= 0.3 is 0 Å². The fraction of sp³-hybridized carbons (Fsp3) is 0.750. The molecule has 1 atom stereocenters. The SMILES string of the molecule is [2H]Cc1nsc([C@H]2CCCNC2)n1. The van der Waals surface area contributed by atoms with Crippen LogP contribution in [0.3, 0.4) is 0 Å². The van der Waals surface area contributed by atoms with Gasteiger partial charge in [0, 0.05) is 13.8 Å². The van der Waals surface area contributed by atoms with Crippen molar-refractivity contribution in [3.05, 3.63) is 10.8 Å². The zero-order valence-corrected chi connectivity index (χ0v) is 7.73. The van der Waals surface area contributed by atoms with Gasteiger partial charge in [0.15, 0.2) is 0 Å². The Balaban J connectivity index is 2.05. The van der Waals surface area contributed by atoms with Crippen molar-refractivity contribution in [1.82, 2.24) is 14.7 Å². The summed E-state index contributed by atoms with van der Waals surface area (Å²) in [7, 11) is 0. The summed E-state index contributed by atoms with van der Waals surface area (Å²) < 4.78 is 11.3. The molecule has 1 aromatic rings. The number of nitrogens with one attached hydrogen (secondary N) is 1. The normalized spacial score (nSPS) is 25.3. The maximum atomic E-state index is 7.14. The van der Waals surface area contributed by atoms with Crippen LogP contribution in [0.15, 0.2) is 0 Å². The fourth-order valence-corrected chi connectivity index (χ4v) is 2.23. The molecule has 4 heteroatoms. The third-order valence-corrected chi connectivity index (χ3v) is 3.04. The van der Waals surface area contributed by atoms with Gasteiger partial charge in [0.05, 0.1) is 0 Å². The number of rotatable bonds is 1. The average molecular weight is 184 g/mol. The lowest BCUT2D eigenvalue weighted by molar-refractivity contribution is 0.460.